The number of aliphatic hydroxyl groups is 1. The fourth-order valence-corrected chi connectivity index (χ4v) is 2.02. The number of hydrogen-bond donors (Lipinski definition) is 1. The topological polar surface area (TPSA) is 43.0 Å². The zero-order valence-corrected chi connectivity index (χ0v) is 11.2. The quantitative estimate of drug-likeness (QED) is 0.879. The molecule has 4 heteroatoms. The molecule has 0 aromatic carbocycles. The van der Waals surface area contributed by atoms with Crippen LogP contribution in [0.5, 0.6) is 0 Å². The minimum atomic E-state index is -0.376. The maximum absolute atomic E-state index is 9.98. The van der Waals surface area contributed by atoms with E-state index in [1.165, 1.54) is 0 Å². The molecule has 2 rings (SSSR count). The van der Waals surface area contributed by atoms with Gasteiger partial charge in [-0.3, -0.25) is 0 Å². The van der Waals surface area contributed by atoms with E-state index < -0.39 is 0 Å². The molecule has 0 aliphatic heterocycles. The highest BCUT2D eigenvalue weighted by atomic mass is 16.3. The van der Waals surface area contributed by atoms with E-state index in [-0.39, 0.29) is 12.0 Å². The van der Waals surface area contributed by atoms with Crippen LogP contribution >= 0.6 is 0 Å². The van der Waals surface area contributed by atoms with Crippen LogP contribution in [0.25, 0.3) is 0 Å². The lowest BCUT2D eigenvalue weighted by atomic mass is 10.0. The van der Waals surface area contributed by atoms with Crippen LogP contribution in [0.15, 0.2) is 30.9 Å². The van der Waals surface area contributed by atoms with Crippen LogP contribution in [-0.4, -0.2) is 19.2 Å². The Hall–Kier alpha value is -1.55. The first-order valence-electron chi connectivity index (χ1n) is 6.38. The maximum atomic E-state index is 9.98. The lowest BCUT2D eigenvalue weighted by Crippen LogP contribution is -2.06. The highest BCUT2D eigenvalue weighted by molar-refractivity contribution is 5.14. The summed E-state index contributed by atoms with van der Waals surface area (Å²) in [4.78, 5) is 4.30. The first kappa shape index (κ1) is 12.9. The molecular formula is C14H21N3O. The molecule has 4 nitrogen and oxygen atoms in total. The van der Waals surface area contributed by atoms with E-state index in [0.717, 1.165) is 24.4 Å². The molecule has 2 heterocycles. The Morgan fingerprint density at radius 1 is 1.33 bits per heavy atom. The van der Waals surface area contributed by atoms with Gasteiger partial charge in [0, 0.05) is 44.8 Å². The van der Waals surface area contributed by atoms with Gasteiger partial charge in [-0.2, -0.15) is 0 Å². The maximum Gasteiger partial charge on any atom is 0.110 e. The summed E-state index contributed by atoms with van der Waals surface area (Å²) in [5.74, 6) is 1.32. The Morgan fingerprint density at radius 2 is 2.11 bits per heavy atom. The van der Waals surface area contributed by atoms with Gasteiger partial charge in [-0.1, -0.05) is 13.8 Å². The second kappa shape index (κ2) is 5.40. The van der Waals surface area contributed by atoms with Gasteiger partial charge < -0.3 is 14.2 Å². The summed E-state index contributed by atoms with van der Waals surface area (Å²) in [7, 11) is 2.01. The van der Waals surface area contributed by atoms with Crippen molar-refractivity contribution >= 4 is 0 Å². The third-order valence-corrected chi connectivity index (χ3v) is 3.26. The first-order chi connectivity index (χ1) is 8.58. The lowest BCUT2D eigenvalue weighted by molar-refractivity contribution is 0.127. The van der Waals surface area contributed by atoms with Crippen molar-refractivity contribution in [2.45, 2.75) is 32.9 Å². The van der Waals surface area contributed by atoms with E-state index in [4.69, 9.17) is 0 Å². The highest BCUT2D eigenvalue weighted by Gasteiger charge is 2.13. The zero-order chi connectivity index (χ0) is 13.1. The molecule has 0 bridgehead atoms. The summed E-state index contributed by atoms with van der Waals surface area (Å²) in [5.41, 5.74) is 0.991. The van der Waals surface area contributed by atoms with Gasteiger partial charge in [0.1, 0.15) is 5.82 Å². The monoisotopic (exact) mass is 247 g/mol. The minimum absolute atomic E-state index is 0.246. The van der Waals surface area contributed by atoms with Crippen LogP contribution in [0.1, 0.15) is 31.3 Å². The Bertz CT molecular complexity index is 499. The van der Waals surface area contributed by atoms with Crippen LogP contribution in [0, 0.1) is 5.92 Å². The molecular weight excluding hydrogens is 226 g/mol. The highest BCUT2D eigenvalue weighted by Crippen LogP contribution is 2.21. The molecule has 0 radical (unpaired) electrons. The van der Waals surface area contributed by atoms with Gasteiger partial charge in [0.25, 0.3) is 0 Å². The summed E-state index contributed by atoms with van der Waals surface area (Å²) < 4.78 is 4.14. The van der Waals surface area contributed by atoms with Crippen molar-refractivity contribution in [3.63, 3.8) is 0 Å². The Balaban J connectivity index is 1.97. The molecule has 18 heavy (non-hydrogen) atoms. The van der Waals surface area contributed by atoms with Crippen LogP contribution in [0.4, 0.5) is 0 Å². The molecule has 0 spiro atoms. The fraction of sp³-hybridized carbons (Fsp3) is 0.500. The van der Waals surface area contributed by atoms with Gasteiger partial charge in [0.2, 0.25) is 0 Å². The van der Waals surface area contributed by atoms with Crippen molar-refractivity contribution in [3.8, 4) is 0 Å². The van der Waals surface area contributed by atoms with E-state index >= 15 is 0 Å². The van der Waals surface area contributed by atoms with Crippen molar-refractivity contribution in [1.29, 1.82) is 0 Å². The standard InChI is InChI=1S/C14H21N3O/c1-11(2)14(18)12-4-7-17(10-12)8-5-13-15-6-9-16(13)3/h4,6-7,9-11,14,18H,5,8H2,1-3H3. The van der Waals surface area contributed by atoms with E-state index in [2.05, 4.69) is 9.55 Å². The number of aryl methyl sites for hydroxylation is 3. The number of nitrogens with zero attached hydrogens (tertiary/aromatic N) is 3. The molecule has 0 aliphatic rings. The van der Waals surface area contributed by atoms with E-state index in [9.17, 15) is 5.11 Å². The zero-order valence-electron chi connectivity index (χ0n) is 11.2. The van der Waals surface area contributed by atoms with Crippen LogP contribution in [-0.2, 0) is 20.0 Å². The molecule has 0 saturated heterocycles. The van der Waals surface area contributed by atoms with Crippen molar-refractivity contribution in [3.05, 3.63) is 42.2 Å². The van der Waals surface area contributed by atoms with Crippen LogP contribution in [0.2, 0.25) is 0 Å². The average Bonchev–Trinajstić information content (AvgIpc) is 2.94. The average molecular weight is 247 g/mol. The largest absolute Gasteiger partial charge is 0.388 e. The summed E-state index contributed by atoms with van der Waals surface area (Å²) in [6.45, 7) is 4.93. The number of rotatable bonds is 5. The van der Waals surface area contributed by atoms with Crippen molar-refractivity contribution < 1.29 is 5.11 Å². The molecule has 0 saturated carbocycles. The molecule has 0 aliphatic carbocycles. The molecule has 0 amide bonds. The van der Waals surface area contributed by atoms with E-state index in [0.29, 0.717) is 0 Å². The van der Waals surface area contributed by atoms with Crippen molar-refractivity contribution in [2.24, 2.45) is 13.0 Å². The third-order valence-electron chi connectivity index (χ3n) is 3.26. The van der Waals surface area contributed by atoms with Gasteiger partial charge in [-0.25, -0.2) is 4.98 Å². The lowest BCUT2D eigenvalue weighted by Gasteiger charge is -2.12. The van der Waals surface area contributed by atoms with Gasteiger partial charge in [0.15, 0.2) is 0 Å². The molecule has 1 atom stereocenters. The van der Waals surface area contributed by atoms with Gasteiger partial charge >= 0.3 is 0 Å². The number of aromatic nitrogens is 3. The SMILES string of the molecule is CC(C)C(O)c1ccn(CCc2nccn2C)c1. The van der Waals surface area contributed by atoms with Crippen LogP contribution < -0.4 is 0 Å². The van der Waals surface area contributed by atoms with Crippen LogP contribution in [0.3, 0.4) is 0 Å². The Morgan fingerprint density at radius 3 is 2.72 bits per heavy atom. The molecule has 98 valence electrons. The van der Waals surface area contributed by atoms with Crippen molar-refractivity contribution in [1.82, 2.24) is 14.1 Å². The molecule has 1 unspecified atom stereocenters. The number of imidazole rings is 1. The predicted octanol–water partition coefficient (Wildman–Crippen LogP) is 2.15. The fourth-order valence-electron chi connectivity index (χ4n) is 2.02. The Kier molecular flexibility index (Phi) is 3.87. The molecule has 1 N–H and O–H groups in total. The third kappa shape index (κ3) is 2.82. The van der Waals surface area contributed by atoms with Gasteiger partial charge in [-0.05, 0) is 17.5 Å². The van der Waals surface area contributed by atoms with Gasteiger partial charge in [-0.15, -0.1) is 0 Å². The molecule has 0 fully saturated rings. The normalized spacial score (nSPS) is 13.2. The number of hydrogen-bond acceptors (Lipinski definition) is 2. The summed E-state index contributed by atoms with van der Waals surface area (Å²) in [5, 5.41) is 9.98. The first-order valence-corrected chi connectivity index (χ1v) is 6.38. The smallest absolute Gasteiger partial charge is 0.110 e. The summed E-state index contributed by atoms with van der Waals surface area (Å²) in [6.07, 6.45) is 8.34. The van der Waals surface area contributed by atoms with E-state index in [1.54, 1.807) is 0 Å². The predicted molar refractivity (Wildman–Crippen MR) is 71.1 cm³/mol. The number of aliphatic hydroxyl groups excluding tert-OH is 1. The summed E-state index contributed by atoms with van der Waals surface area (Å²) in [6, 6.07) is 1.99. The Labute approximate surface area is 108 Å². The second-order valence-electron chi connectivity index (χ2n) is 5.08. The summed E-state index contributed by atoms with van der Waals surface area (Å²) >= 11 is 0. The minimum Gasteiger partial charge on any atom is -0.388 e. The van der Waals surface area contributed by atoms with E-state index in [1.807, 2.05) is 56.3 Å². The second-order valence-corrected chi connectivity index (χ2v) is 5.08. The van der Waals surface area contributed by atoms with Gasteiger partial charge in [0.05, 0.1) is 6.10 Å². The van der Waals surface area contributed by atoms with Crippen molar-refractivity contribution in [2.75, 3.05) is 0 Å². The molecule has 2 aromatic rings. The molecule has 2 aromatic heterocycles.